The Labute approximate surface area is 139 Å². The van der Waals surface area contributed by atoms with Crippen molar-refractivity contribution in [2.45, 2.75) is 51.1 Å². The maximum Gasteiger partial charge on any atom is 0.243 e. The fourth-order valence-electron chi connectivity index (χ4n) is 3.78. The third-order valence-electron chi connectivity index (χ3n) is 4.72. The molecule has 6 atom stereocenters. The molecule has 7 heteroatoms. The average molecular weight is 364 g/mol. The Bertz CT molecular complexity index is 632. The fourth-order valence-corrected chi connectivity index (χ4v) is 8.55. The predicted molar refractivity (Wildman–Crippen MR) is 86.7 cm³/mol. The molecule has 4 aliphatic rings. The zero-order chi connectivity index (χ0) is 14.8. The van der Waals surface area contributed by atoms with Crippen molar-refractivity contribution in [3.8, 4) is 0 Å². The van der Waals surface area contributed by atoms with Crippen LogP contribution in [-0.2, 0) is 10.0 Å². The molecule has 0 spiro atoms. The van der Waals surface area contributed by atoms with Gasteiger partial charge in [0.05, 0.1) is 15.6 Å². The van der Waals surface area contributed by atoms with E-state index < -0.39 is 10.0 Å². The van der Waals surface area contributed by atoms with Gasteiger partial charge >= 0.3 is 0 Å². The highest BCUT2D eigenvalue weighted by Gasteiger charge is 2.59. The van der Waals surface area contributed by atoms with Crippen LogP contribution in [-0.4, -0.2) is 46.1 Å². The average Bonchev–Trinajstić information content (AvgIpc) is 2.46. The van der Waals surface area contributed by atoms with Crippen LogP contribution in [0.1, 0.15) is 12.8 Å². The largest absolute Gasteiger partial charge is 0.243 e. The number of thioether (sulfide) groups is 1. The third kappa shape index (κ3) is 2.08. The van der Waals surface area contributed by atoms with Gasteiger partial charge < -0.3 is 0 Å². The minimum Gasteiger partial charge on any atom is -0.207 e. The summed E-state index contributed by atoms with van der Waals surface area (Å²) in [5, 5.41) is 0.422. The van der Waals surface area contributed by atoms with Crippen molar-refractivity contribution in [1.29, 1.82) is 0 Å². The molecule has 4 bridgehead atoms. The molecule has 3 nitrogen and oxygen atoms in total. The number of alkyl halides is 2. The Morgan fingerprint density at radius 1 is 1.00 bits per heavy atom. The topological polar surface area (TPSA) is 37.4 Å². The second-order valence-corrected chi connectivity index (χ2v) is 10.2. The number of piperidine rings is 2. The standard InChI is InChI=1S/C14H15Cl2NO2S2/c15-13-9-6-11-14(16)10(7-12(13)20-11)17(9)21(18,19)8-4-2-1-3-5-8/h1-5,9-14H,6-7H2. The van der Waals surface area contributed by atoms with E-state index in [0.717, 1.165) is 12.8 Å². The van der Waals surface area contributed by atoms with Crippen LogP contribution in [0, 0.1) is 0 Å². The van der Waals surface area contributed by atoms with Gasteiger partial charge in [0.25, 0.3) is 0 Å². The lowest BCUT2D eigenvalue weighted by Crippen LogP contribution is -2.70. The SMILES string of the molecule is O=S(=O)(c1ccccc1)N1C2CC3SC(CC1C3Cl)C2Cl. The number of benzene rings is 1. The highest BCUT2D eigenvalue weighted by atomic mass is 35.5. The van der Waals surface area contributed by atoms with E-state index in [-0.39, 0.29) is 22.8 Å². The molecule has 4 saturated heterocycles. The summed E-state index contributed by atoms with van der Waals surface area (Å²) in [6, 6.07) is 8.34. The van der Waals surface area contributed by atoms with Crippen molar-refractivity contribution in [2.24, 2.45) is 0 Å². The molecule has 4 heterocycles. The summed E-state index contributed by atoms with van der Waals surface area (Å²) in [5.41, 5.74) is 0. The summed E-state index contributed by atoms with van der Waals surface area (Å²) in [4.78, 5) is 0.331. The molecular weight excluding hydrogens is 349 g/mol. The molecule has 4 fully saturated rings. The van der Waals surface area contributed by atoms with Crippen molar-refractivity contribution >= 4 is 45.0 Å². The van der Waals surface area contributed by atoms with Gasteiger partial charge in [0.15, 0.2) is 0 Å². The van der Waals surface area contributed by atoms with Gasteiger partial charge in [0.2, 0.25) is 10.0 Å². The summed E-state index contributed by atoms with van der Waals surface area (Å²) >= 11 is 14.9. The van der Waals surface area contributed by atoms with Gasteiger partial charge in [-0.25, -0.2) is 8.42 Å². The Morgan fingerprint density at radius 3 is 2.05 bits per heavy atom. The van der Waals surface area contributed by atoms with Crippen LogP contribution in [0.5, 0.6) is 0 Å². The van der Waals surface area contributed by atoms with Gasteiger partial charge in [-0.05, 0) is 25.0 Å². The van der Waals surface area contributed by atoms with Gasteiger partial charge in [0, 0.05) is 22.6 Å². The van der Waals surface area contributed by atoms with Crippen molar-refractivity contribution in [3.05, 3.63) is 30.3 Å². The summed E-state index contributed by atoms with van der Waals surface area (Å²) in [7, 11) is -3.53. The summed E-state index contributed by atoms with van der Waals surface area (Å²) in [5.74, 6) is 0. The first-order chi connectivity index (χ1) is 10.00. The molecule has 0 saturated carbocycles. The number of hydrogen-bond acceptors (Lipinski definition) is 3. The molecule has 114 valence electrons. The Balaban J connectivity index is 1.78. The van der Waals surface area contributed by atoms with Gasteiger partial charge in [-0.3, -0.25) is 0 Å². The van der Waals surface area contributed by atoms with Crippen LogP contribution in [0.2, 0.25) is 0 Å². The molecule has 1 aromatic rings. The Morgan fingerprint density at radius 2 is 1.52 bits per heavy atom. The second-order valence-electron chi connectivity index (χ2n) is 5.86. The minimum absolute atomic E-state index is 0.120. The van der Waals surface area contributed by atoms with Crippen LogP contribution in [0.25, 0.3) is 0 Å². The van der Waals surface area contributed by atoms with E-state index in [1.807, 2.05) is 17.8 Å². The van der Waals surface area contributed by atoms with Crippen LogP contribution in [0.4, 0.5) is 0 Å². The molecule has 0 aromatic heterocycles. The molecule has 21 heavy (non-hydrogen) atoms. The van der Waals surface area contributed by atoms with Crippen molar-refractivity contribution in [3.63, 3.8) is 0 Å². The van der Waals surface area contributed by atoms with E-state index in [4.69, 9.17) is 23.2 Å². The van der Waals surface area contributed by atoms with Gasteiger partial charge in [-0.1, -0.05) is 18.2 Å². The van der Waals surface area contributed by atoms with Gasteiger partial charge in [-0.2, -0.15) is 16.1 Å². The van der Waals surface area contributed by atoms with Crippen LogP contribution < -0.4 is 0 Å². The highest BCUT2D eigenvalue weighted by Crippen LogP contribution is 2.54. The van der Waals surface area contributed by atoms with Crippen molar-refractivity contribution in [1.82, 2.24) is 4.31 Å². The zero-order valence-corrected chi connectivity index (χ0v) is 14.2. The molecule has 0 radical (unpaired) electrons. The fraction of sp³-hybridized carbons (Fsp3) is 0.571. The lowest BCUT2D eigenvalue weighted by molar-refractivity contribution is 0.127. The lowest BCUT2D eigenvalue weighted by Gasteiger charge is -2.59. The molecular formula is C14H15Cl2NO2S2. The zero-order valence-electron chi connectivity index (χ0n) is 11.1. The number of sulfonamides is 1. The lowest BCUT2D eigenvalue weighted by atomic mass is 9.84. The highest BCUT2D eigenvalue weighted by molar-refractivity contribution is 8.00. The quantitative estimate of drug-likeness (QED) is 0.758. The predicted octanol–water partition coefficient (Wildman–Crippen LogP) is 2.92. The van der Waals surface area contributed by atoms with Crippen LogP contribution in [0.15, 0.2) is 35.2 Å². The molecule has 5 rings (SSSR count). The van der Waals surface area contributed by atoms with E-state index in [1.54, 1.807) is 28.6 Å². The van der Waals surface area contributed by atoms with Gasteiger partial charge in [0.1, 0.15) is 0 Å². The Kier molecular flexibility index (Phi) is 3.51. The Hall–Kier alpha value is 0.0600. The molecule has 6 unspecified atom stereocenters. The molecule has 1 aromatic carbocycles. The first kappa shape index (κ1) is 14.6. The number of hydrogen-bond donors (Lipinski definition) is 0. The van der Waals surface area contributed by atoms with E-state index >= 15 is 0 Å². The van der Waals surface area contributed by atoms with Crippen LogP contribution >= 0.6 is 35.0 Å². The molecule has 0 amide bonds. The van der Waals surface area contributed by atoms with E-state index in [0.29, 0.717) is 15.4 Å². The maximum absolute atomic E-state index is 13.0. The maximum atomic E-state index is 13.0. The summed E-state index contributed by atoms with van der Waals surface area (Å²) in [6.45, 7) is 0. The molecule has 0 aliphatic carbocycles. The minimum atomic E-state index is -3.53. The third-order valence-corrected chi connectivity index (χ3v) is 9.84. The normalized spacial score (nSPS) is 42.4. The summed E-state index contributed by atoms with van der Waals surface area (Å²) in [6.07, 6.45) is 1.51. The van der Waals surface area contributed by atoms with Crippen LogP contribution in [0.3, 0.4) is 0 Å². The number of nitrogens with zero attached hydrogens (tertiary/aromatic N) is 1. The van der Waals surface area contributed by atoms with Crippen molar-refractivity contribution < 1.29 is 8.42 Å². The van der Waals surface area contributed by atoms with Crippen molar-refractivity contribution in [2.75, 3.05) is 0 Å². The number of rotatable bonds is 2. The monoisotopic (exact) mass is 363 g/mol. The van der Waals surface area contributed by atoms with E-state index in [1.165, 1.54) is 0 Å². The molecule has 0 N–H and O–H groups in total. The number of halogens is 2. The van der Waals surface area contributed by atoms with E-state index in [2.05, 4.69) is 0 Å². The first-order valence-electron chi connectivity index (χ1n) is 7.02. The smallest absolute Gasteiger partial charge is 0.207 e. The van der Waals surface area contributed by atoms with Gasteiger partial charge in [-0.15, -0.1) is 23.2 Å². The first-order valence-corrected chi connectivity index (χ1v) is 10.3. The summed E-state index contributed by atoms with van der Waals surface area (Å²) < 4.78 is 27.6. The van der Waals surface area contributed by atoms with E-state index in [9.17, 15) is 8.42 Å². The molecule has 4 aliphatic heterocycles. The second kappa shape index (κ2) is 5.03.